The van der Waals surface area contributed by atoms with E-state index in [1.807, 2.05) is 21.1 Å². The Morgan fingerprint density at radius 1 is 0.468 bits per heavy atom. The summed E-state index contributed by atoms with van der Waals surface area (Å²) < 4.78 is 50.3. The predicted octanol–water partition coefficient (Wildman–Crippen LogP) is 6.89. The van der Waals surface area contributed by atoms with Crippen molar-refractivity contribution in [1.82, 2.24) is 8.96 Å². The Kier molecular flexibility index (Phi) is 21.2. The number of hydrogen-bond donors (Lipinski definition) is 4. The molecule has 2 aliphatic rings. The fourth-order valence-corrected chi connectivity index (χ4v) is 12.9. The van der Waals surface area contributed by atoms with Crippen molar-refractivity contribution in [2.45, 2.75) is 65.7 Å². The first-order valence-corrected chi connectivity index (χ1v) is 29.9. The van der Waals surface area contributed by atoms with Crippen LogP contribution in [0.25, 0.3) is 44.4 Å². The molecular formula is C72H68B2N8O12. The van der Waals surface area contributed by atoms with Gasteiger partial charge in [0.2, 0.25) is 0 Å². The van der Waals surface area contributed by atoms with E-state index in [9.17, 15) is 41.5 Å². The number of benzene rings is 6. The molecular weight excluding hydrogens is 1190 g/mol. The van der Waals surface area contributed by atoms with Crippen LogP contribution in [0.2, 0.25) is 0 Å². The van der Waals surface area contributed by atoms with E-state index in [4.69, 9.17) is 47.9 Å². The number of rotatable bonds is 26. The zero-order valence-corrected chi connectivity index (χ0v) is 53.4. The summed E-state index contributed by atoms with van der Waals surface area (Å²) in [6, 6.07) is 38.5. The maximum Gasteiger partial charge on any atom is 0.328 e. The number of hydrogen-bond acceptors (Lipinski definition) is 18. The molecule has 0 unspecified atom stereocenters. The van der Waals surface area contributed by atoms with Crippen molar-refractivity contribution in [3.63, 3.8) is 0 Å². The van der Waals surface area contributed by atoms with Crippen molar-refractivity contribution in [1.29, 1.82) is 21.0 Å². The highest BCUT2D eigenvalue weighted by Crippen LogP contribution is 2.40. The van der Waals surface area contributed by atoms with E-state index in [-0.39, 0.29) is 132 Å². The van der Waals surface area contributed by atoms with Gasteiger partial charge < -0.3 is 67.3 Å². The molecule has 22 heteroatoms. The molecule has 0 amide bonds. The van der Waals surface area contributed by atoms with Crippen LogP contribution in [0.5, 0.6) is 23.0 Å². The minimum absolute atomic E-state index is 0.0311. The lowest BCUT2D eigenvalue weighted by atomic mass is 9.49. The third-order valence-electron chi connectivity index (χ3n) is 16.6. The molecule has 8 aromatic rings. The van der Waals surface area contributed by atoms with Gasteiger partial charge >= 0.3 is 13.7 Å². The molecule has 2 aromatic heterocycles. The highest BCUT2D eigenvalue weighted by Gasteiger charge is 2.40. The van der Waals surface area contributed by atoms with E-state index in [0.29, 0.717) is 100 Å². The van der Waals surface area contributed by atoms with E-state index in [2.05, 4.69) is 24.3 Å². The number of aromatic nitrogens is 2. The number of phenols is 4. The molecule has 0 fully saturated rings. The number of nitriles is 4. The highest BCUT2D eigenvalue weighted by molar-refractivity contribution is 6.85. The van der Waals surface area contributed by atoms with Crippen LogP contribution in [0, 0.1) is 45.3 Å². The van der Waals surface area contributed by atoms with Crippen LogP contribution in [0.1, 0.15) is 68.5 Å². The molecule has 6 aromatic carbocycles. The van der Waals surface area contributed by atoms with Gasteiger partial charge in [-0.15, -0.1) is 0 Å². The minimum Gasteiger partial charge on any atom is -0.507 e. The lowest BCUT2D eigenvalue weighted by Crippen LogP contribution is -2.55. The second kappa shape index (κ2) is 30.0. The van der Waals surface area contributed by atoms with Crippen LogP contribution in [0.3, 0.4) is 0 Å². The number of methoxy groups -OCH3 is 8. The van der Waals surface area contributed by atoms with Gasteiger partial charge in [-0.2, -0.15) is 21.0 Å². The van der Waals surface area contributed by atoms with Gasteiger partial charge in [-0.1, -0.05) is 97.1 Å². The largest absolute Gasteiger partial charge is 0.507 e. The maximum absolute atomic E-state index is 12.4. The molecule has 474 valence electrons. The first kappa shape index (κ1) is 66.6. The van der Waals surface area contributed by atoms with Gasteiger partial charge in [0.15, 0.2) is 0 Å². The average Bonchev–Trinajstić information content (AvgIpc) is 1.52. The highest BCUT2D eigenvalue weighted by atomic mass is 16.5. The van der Waals surface area contributed by atoms with E-state index >= 15 is 0 Å². The van der Waals surface area contributed by atoms with E-state index in [0.717, 1.165) is 0 Å². The molecule has 10 rings (SSSR count). The Morgan fingerprint density at radius 3 is 1.05 bits per heavy atom. The van der Waals surface area contributed by atoms with Gasteiger partial charge in [0.25, 0.3) is 0 Å². The smallest absolute Gasteiger partial charge is 0.328 e. The van der Waals surface area contributed by atoms with Gasteiger partial charge in [-0.3, -0.25) is 9.98 Å². The number of aromatic hydroxyl groups is 4. The molecule has 0 aliphatic carbocycles. The fourth-order valence-electron chi connectivity index (χ4n) is 12.9. The lowest BCUT2D eigenvalue weighted by Gasteiger charge is -2.27. The fraction of sp³-hybridized carbons (Fsp3) is 0.250. The van der Waals surface area contributed by atoms with Crippen LogP contribution in [0.15, 0.2) is 131 Å². The third kappa shape index (κ3) is 12.6. The van der Waals surface area contributed by atoms with Crippen molar-refractivity contribution >= 4 is 69.4 Å². The van der Waals surface area contributed by atoms with Crippen LogP contribution in [0.4, 0.5) is 0 Å². The molecule has 20 nitrogen and oxygen atoms in total. The number of allylic oxidation sites excluding steroid dienone is 3. The summed E-state index contributed by atoms with van der Waals surface area (Å²) in [4.78, 5) is 9.81. The van der Waals surface area contributed by atoms with E-state index < -0.39 is 13.7 Å². The summed E-state index contributed by atoms with van der Waals surface area (Å²) in [5, 5.41) is 97.6. The lowest BCUT2D eigenvalue weighted by molar-refractivity contribution is 0.174. The van der Waals surface area contributed by atoms with Crippen molar-refractivity contribution in [3.05, 3.63) is 187 Å². The summed E-state index contributed by atoms with van der Waals surface area (Å²) in [5.41, 5.74) is 7.18. The molecule has 0 bridgehead atoms. The van der Waals surface area contributed by atoms with Gasteiger partial charge in [-0.05, 0) is 34.0 Å². The molecule has 0 saturated carbocycles. The summed E-state index contributed by atoms with van der Waals surface area (Å²) in [6.07, 6.45) is 7.49. The second-order valence-electron chi connectivity index (χ2n) is 22.5. The summed E-state index contributed by atoms with van der Waals surface area (Å²) >= 11 is 0. The number of nitrogens with zero attached hydrogens (tertiary/aromatic N) is 8. The number of fused-ring (bicyclic) bond motifs is 1. The topological polar surface area (TPSA) is 284 Å². The van der Waals surface area contributed by atoms with Crippen LogP contribution >= 0.6 is 0 Å². The van der Waals surface area contributed by atoms with Gasteiger partial charge in [0.1, 0.15) is 40.7 Å². The van der Waals surface area contributed by atoms with Gasteiger partial charge in [0, 0.05) is 160 Å². The van der Waals surface area contributed by atoms with Gasteiger partial charge in [-0.25, -0.2) is 0 Å². The van der Waals surface area contributed by atoms with Crippen molar-refractivity contribution in [2.24, 2.45) is 9.98 Å². The zero-order chi connectivity index (χ0) is 66.7. The summed E-state index contributed by atoms with van der Waals surface area (Å²) in [7, 11) is 12.1. The van der Waals surface area contributed by atoms with Gasteiger partial charge in [0.05, 0.1) is 104 Å². The Labute approximate surface area is 545 Å². The van der Waals surface area contributed by atoms with Crippen molar-refractivity contribution in [2.75, 3.05) is 56.9 Å². The summed E-state index contributed by atoms with van der Waals surface area (Å²) in [6.45, 7) is -2.93. The molecule has 4 N–H and O–H groups in total. The normalized spacial score (nSPS) is 13.1. The molecule has 0 saturated heterocycles. The number of aliphatic imine (C=N–C) groups is 2. The average molecular weight is 1260 g/mol. The minimum atomic E-state index is -1.18. The number of ether oxygens (including phenoxy) is 8. The number of phenolic OH excluding ortho intramolecular Hbond substituents is 4. The van der Waals surface area contributed by atoms with Crippen LogP contribution in [-0.2, 0) is 90.7 Å². The van der Waals surface area contributed by atoms with Crippen molar-refractivity contribution < 1.29 is 58.3 Å². The third-order valence-corrected chi connectivity index (χ3v) is 16.6. The quantitative estimate of drug-likeness (QED) is 0.0402. The molecule has 94 heavy (non-hydrogen) atoms. The first-order chi connectivity index (χ1) is 45.8. The standard InChI is InChI=1S/C72H68B2N8O12/c1-87-35-45-23-53(24-46(36-88-2)69(45)83)73(54-25-47(37-89-3)70(84)48(26-54)38-90-4)81-65(57-17-11-9-15-43(57)31-75)63-64(67(81)59(33-77)61-19-13-21-79-61)66(58-18-12-10-16-44(58)32-76)82(68(63)60(34-78)62-20-14-22-80-62)74(55-27-49(39-91-5)71(85)50(28-55)40-92-6)56-29-51(41-93-7)72(86)52(30-56)42-94-8/h9-13,15-18,20-30,83-86H,14,19,35-42H2,1-8H3/b67-59-,68-60-. The van der Waals surface area contributed by atoms with Crippen molar-refractivity contribution in [3.8, 4) is 69.8 Å². The molecule has 2 aliphatic heterocycles. The molecule has 4 heterocycles. The maximum atomic E-state index is 12.4. The molecule has 0 spiro atoms. The first-order valence-electron chi connectivity index (χ1n) is 29.9. The Balaban J connectivity index is 1.66. The molecule has 0 radical (unpaired) electrons. The SMILES string of the molecule is COCc1cc(B(c2cc(COC)c(O)c(COC)c2)n2c(-c3ccccc3C#N)c3/c(=C(\C#N)C4=NC=CC4)n(B(c4cc(COC)c(O)c(COC)c4)c4cc(COC)c(O)c(COC)c4)c(-c4ccccc4C#N)c3/c2=C(\C#N)C2=CCC=N2)cc(COC)c1O. The zero-order valence-electron chi connectivity index (χ0n) is 53.4. The Bertz CT molecular complexity index is 4420. The van der Waals surface area contributed by atoms with Crippen LogP contribution < -0.4 is 32.5 Å². The monoisotopic (exact) mass is 1260 g/mol. The van der Waals surface area contributed by atoms with E-state index in [1.165, 1.54) is 56.9 Å². The Morgan fingerprint density at radius 2 is 0.787 bits per heavy atom. The summed E-state index contributed by atoms with van der Waals surface area (Å²) in [5.74, 6) is -0.368. The predicted molar refractivity (Wildman–Crippen MR) is 359 cm³/mol. The Hall–Kier alpha value is -10.3. The van der Waals surface area contributed by atoms with E-state index in [1.54, 1.807) is 109 Å². The second-order valence-corrected chi connectivity index (χ2v) is 22.5. The van der Waals surface area contributed by atoms with Crippen LogP contribution in [-0.4, -0.2) is 112 Å². The molecule has 0 atom stereocenters.